The number of anilines is 1. The van der Waals surface area contributed by atoms with Gasteiger partial charge in [-0.15, -0.1) is 0 Å². The summed E-state index contributed by atoms with van der Waals surface area (Å²) in [7, 11) is 1.70. The van der Waals surface area contributed by atoms with Gasteiger partial charge in [-0.2, -0.15) is 0 Å². The Kier molecular flexibility index (Phi) is 9.22. The third kappa shape index (κ3) is 6.42. The molecule has 0 saturated carbocycles. The number of ether oxygens (including phenoxy) is 2. The van der Waals surface area contributed by atoms with Crippen LogP contribution >= 0.6 is 6.64 Å². The second kappa shape index (κ2) is 12.6. The van der Waals surface area contributed by atoms with Gasteiger partial charge in [-0.05, 0) is 57.9 Å². The van der Waals surface area contributed by atoms with Crippen LogP contribution in [0.15, 0.2) is 48.8 Å². The Morgan fingerprint density at radius 3 is 2.68 bits per heavy atom. The van der Waals surface area contributed by atoms with Gasteiger partial charge in [0.05, 0.1) is 19.0 Å². The normalized spacial score (nSPS) is 24.0. The van der Waals surface area contributed by atoms with Gasteiger partial charge in [-0.1, -0.05) is 36.4 Å². The molecular weight excluding hydrogens is 610 g/mol. The monoisotopic (exact) mass is 646 g/mol. The predicted molar refractivity (Wildman–Crippen MR) is 168 cm³/mol. The molecule has 2 aromatic heterocycles. The third-order valence-electron chi connectivity index (χ3n) is 7.17. The van der Waals surface area contributed by atoms with Crippen LogP contribution in [0.25, 0.3) is 21.9 Å². The molecule has 0 bridgehead atoms. The highest BCUT2D eigenvalue weighted by atomic mass is 32.5. The van der Waals surface area contributed by atoms with Crippen molar-refractivity contribution in [2.75, 3.05) is 19.0 Å². The topological polar surface area (TPSA) is 142 Å². The molecule has 1 saturated heterocycles. The summed E-state index contributed by atoms with van der Waals surface area (Å²) in [5.41, 5.74) is -1.49. The highest BCUT2D eigenvalue weighted by molar-refractivity contribution is 8.09. The number of nitrogens with one attached hydrogen (secondary N) is 2. The molecule has 236 valence electrons. The van der Waals surface area contributed by atoms with E-state index in [0.29, 0.717) is 28.6 Å². The number of esters is 1. The van der Waals surface area contributed by atoms with Crippen molar-refractivity contribution in [3.8, 4) is 5.75 Å². The molecular formula is C29H36FN6O6PS. The molecule has 2 aromatic carbocycles. The largest absolute Gasteiger partial charge is 0.462 e. The number of alkyl halides is 1. The molecule has 0 aliphatic carbocycles. The van der Waals surface area contributed by atoms with Crippen molar-refractivity contribution in [3.63, 3.8) is 0 Å². The number of hydrogen-bond donors (Lipinski definition) is 3. The van der Waals surface area contributed by atoms with E-state index in [-0.39, 0.29) is 12.7 Å². The average Bonchev–Trinajstić information content (AvgIpc) is 3.48. The molecule has 3 N–H and O–H groups in total. The minimum absolute atomic E-state index is 0.341. The van der Waals surface area contributed by atoms with E-state index in [1.54, 1.807) is 40.8 Å². The molecule has 1 aliphatic heterocycles. The first-order chi connectivity index (χ1) is 20.8. The Morgan fingerprint density at radius 2 is 1.95 bits per heavy atom. The number of imidazole rings is 1. The lowest BCUT2D eigenvalue weighted by molar-refractivity contribution is -0.149. The van der Waals surface area contributed by atoms with Gasteiger partial charge in [-0.25, -0.2) is 24.4 Å². The van der Waals surface area contributed by atoms with Crippen molar-refractivity contribution in [3.05, 3.63) is 54.6 Å². The number of carbonyl (C=O) groups excluding carboxylic acids is 1. The number of aliphatic hydroxyl groups is 1. The van der Waals surface area contributed by atoms with Crippen LogP contribution in [0, 0.1) is 6.92 Å². The summed E-state index contributed by atoms with van der Waals surface area (Å²) in [5.74, 6) is 0.820. The number of halogens is 1. The van der Waals surface area contributed by atoms with Crippen molar-refractivity contribution in [1.82, 2.24) is 24.6 Å². The summed E-state index contributed by atoms with van der Waals surface area (Å²) in [5, 5.41) is 18.7. The number of aliphatic hydroxyl groups excluding tert-OH is 1. The summed E-state index contributed by atoms with van der Waals surface area (Å²) in [6.07, 6.45) is -3.00. The van der Waals surface area contributed by atoms with Crippen molar-refractivity contribution in [2.24, 2.45) is 0 Å². The highest BCUT2D eigenvalue weighted by Crippen LogP contribution is 2.49. The van der Waals surface area contributed by atoms with Crippen molar-refractivity contribution in [2.45, 2.75) is 70.9 Å². The lowest BCUT2D eigenvalue weighted by Crippen LogP contribution is -2.41. The summed E-state index contributed by atoms with van der Waals surface area (Å²) in [4.78, 5) is 25.8. The summed E-state index contributed by atoms with van der Waals surface area (Å²) in [6, 6.07) is 12.2. The van der Waals surface area contributed by atoms with Crippen LogP contribution in [0.5, 0.6) is 5.75 Å². The zero-order valence-electron chi connectivity index (χ0n) is 25.2. The van der Waals surface area contributed by atoms with E-state index in [1.807, 2.05) is 36.4 Å². The quantitative estimate of drug-likeness (QED) is 0.155. The van der Waals surface area contributed by atoms with Crippen molar-refractivity contribution >= 4 is 52.2 Å². The standard InChI is InChI=1S/C29H36FN6O6PS/c1-16(2)40-27(38)17(3)35-43(44,42-21-13-9-11-19-10-7-8-12-20(19)21)39-14-22-24(37)29(5,30)28(41-22)36-15-32-23-25(31-6)33-18(4)34-26(23)36/h7-13,15-17,22,24,28,37H,14H2,1-6H3,(H,35,44)(H,31,33,34)/t17-,22+,24+,28+,29+,43+/m0/s1. The zero-order valence-corrected chi connectivity index (χ0v) is 26.9. The van der Waals surface area contributed by atoms with Gasteiger partial charge in [0.1, 0.15) is 29.8 Å². The van der Waals surface area contributed by atoms with E-state index in [2.05, 4.69) is 25.4 Å². The van der Waals surface area contributed by atoms with Gasteiger partial charge in [0, 0.05) is 12.4 Å². The van der Waals surface area contributed by atoms with E-state index in [4.69, 9.17) is 30.3 Å². The average molecular weight is 647 g/mol. The Bertz CT molecular complexity index is 1720. The van der Waals surface area contributed by atoms with Crippen LogP contribution in [-0.4, -0.2) is 74.3 Å². The SMILES string of the molecule is CNc1nc(C)nc2c1ncn2[C@@H]1O[C@H](CO[P@](=S)(N[C@@H](C)C(=O)OC(C)C)Oc2cccc3ccccc23)[C@@H](O)[C@@]1(C)F. The van der Waals surface area contributed by atoms with Gasteiger partial charge in [0.15, 0.2) is 28.9 Å². The second-order valence-corrected chi connectivity index (χ2v) is 14.2. The second-order valence-electron chi connectivity index (χ2n) is 11.0. The first kappa shape index (κ1) is 32.1. The predicted octanol–water partition coefficient (Wildman–Crippen LogP) is 4.57. The number of carbonyl (C=O) groups is 1. The van der Waals surface area contributed by atoms with Crippen molar-refractivity contribution < 1.29 is 32.8 Å². The minimum Gasteiger partial charge on any atom is -0.462 e. The third-order valence-corrected chi connectivity index (χ3v) is 9.66. The van der Waals surface area contributed by atoms with E-state index in [1.165, 1.54) is 17.8 Å². The molecule has 15 heteroatoms. The molecule has 1 aliphatic rings. The van der Waals surface area contributed by atoms with Crippen LogP contribution in [0.3, 0.4) is 0 Å². The van der Waals surface area contributed by atoms with Crippen molar-refractivity contribution in [1.29, 1.82) is 0 Å². The number of fused-ring (bicyclic) bond motifs is 2. The van der Waals surface area contributed by atoms with Gasteiger partial charge in [-0.3, -0.25) is 9.36 Å². The van der Waals surface area contributed by atoms with Crippen LogP contribution in [0.2, 0.25) is 0 Å². The molecule has 0 radical (unpaired) electrons. The van der Waals surface area contributed by atoms with Gasteiger partial charge in [0.25, 0.3) is 0 Å². The number of benzene rings is 2. The number of aromatic nitrogens is 4. The molecule has 4 aromatic rings. The molecule has 3 heterocycles. The van der Waals surface area contributed by atoms with E-state index in [9.17, 15) is 9.90 Å². The smallest absolute Gasteiger partial charge is 0.323 e. The van der Waals surface area contributed by atoms with Crippen LogP contribution in [-0.2, 0) is 30.6 Å². The zero-order chi connectivity index (χ0) is 31.8. The molecule has 0 spiro atoms. The number of hydrogen-bond acceptors (Lipinski definition) is 11. The molecule has 1 fully saturated rings. The molecule has 5 rings (SSSR count). The molecule has 0 amide bonds. The fourth-order valence-electron chi connectivity index (χ4n) is 5.01. The first-order valence-electron chi connectivity index (χ1n) is 14.1. The fraction of sp³-hybridized carbons (Fsp3) is 0.448. The fourth-order valence-corrected chi connectivity index (χ4v) is 7.43. The molecule has 0 unspecified atom stereocenters. The lowest BCUT2D eigenvalue weighted by atomic mass is 9.98. The summed E-state index contributed by atoms with van der Waals surface area (Å²) < 4.78 is 41.5. The van der Waals surface area contributed by atoms with Gasteiger partial charge in [0.2, 0.25) is 0 Å². The van der Waals surface area contributed by atoms with E-state index in [0.717, 1.165) is 10.8 Å². The maximum atomic E-state index is 16.2. The summed E-state index contributed by atoms with van der Waals surface area (Å²) >= 11 is 5.88. The van der Waals surface area contributed by atoms with Gasteiger partial charge >= 0.3 is 12.6 Å². The molecule has 44 heavy (non-hydrogen) atoms. The van der Waals surface area contributed by atoms with E-state index < -0.39 is 42.8 Å². The minimum atomic E-state index is -3.54. The Labute approximate surface area is 259 Å². The first-order valence-corrected chi connectivity index (χ1v) is 16.8. The van der Waals surface area contributed by atoms with E-state index >= 15 is 4.39 Å². The maximum Gasteiger partial charge on any atom is 0.323 e. The molecule has 6 atom stereocenters. The summed E-state index contributed by atoms with van der Waals surface area (Å²) in [6.45, 7) is 4.14. The molecule has 12 nitrogen and oxygen atoms in total. The van der Waals surface area contributed by atoms with Gasteiger partial charge < -0.3 is 28.9 Å². The Balaban J connectivity index is 1.42. The lowest BCUT2D eigenvalue weighted by Gasteiger charge is -2.28. The maximum absolute atomic E-state index is 16.2. The van der Waals surface area contributed by atoms with Crippen LogP contribution in [0.4, 0.5) is 10.2 Å². The Hall–Kier alpha value is -3.26. The van der Waals surface area contributed by atoms with Crippen LogP contribution in [0.1, 0.15) is 39.7 Å². The number of rotatable bonds is 11. The number of aryl methyl sites for hydroxylation is 1. The van der Waals surface area contributed by atoms with Crippen LogP contribution < -0.4 is 14.9 Å². The highest BCUT2D eigenvalue weighted by Gasteiger charge is 2.56. The number of nitrogens with zero attached hydrogens (tertiary/aromatic N) is 4. The Morgan fingerprint density at radius 1 is 1.23 bits per heavy atom.